The molecule has 0 saturated heterocycles. The van der Waals surface area contributed by atoms with Crippen molar-refractivity contribution in [3.63, 3.8) is 0 Å². The van der Waals surface area contributed by atoms with Crippen LogP contribution in [0.1, 0.15) is 18.1 Å². The van der Waals surface area contributed by atoms with E-state index in [0.717, 1.165) is 23.4 Å². The zero-order valence-corrected chi connectivity index (χ0v) is 13.5. The van der Waals surface area contributed by atoms with E-state index < -0.39 is 0 Å². The smallest absolute Gasteiger partial charge is 0.221 e. The number of anilines is 2. The van der Waals surface area contributed by atoms with Gasteiger partial charge in [0.1, 0.15) is 0 Å². The average Bonchev–Trinajstić information content (AvgIpc) is 2.51. The molecule has 0 unspecified atom stereocenters. The van der Waals surface area contributed by atoms with E-state index in [1.54, 1.807) is 0 Å². The molecule has 2 rings (SSSR count). The van der Waals surface area contributed by atoms with E-state index in [2.05, 4.69) is 15.6 Å². The zero-order valence-electron chi connectivity index (χ0n) is 13.5. The molecule has 5 heteroatoms. The van der Waals surface area contributed by atoms with E-state index in [9.17, 15) is 4.79 Å². The number of rotatable bonds is 5. The summed E-state index contributed by atoms with van der Waals surface area (Å²) >= 11 is 0. The molecule has 0 atom stereocenters. The number of nitrogens with one attached hydrogen (secondary N) is 2. The Morgan fingerprint density at radius 2 is 1.57 bits per heavy atom. The molecule has 2 aromatic carbocycles. The van der Waals surface area contributed by atoms with E-state index >= 15 is 0 Å². The topological polar surface area (TPSA) is 79.5 Å². The van der Waals surface area contributed by atoms with Crippen molar-refractivity contribution in [3.8, 4) is 0 Å². The third-order valence-electron chi connectivity index (χ3n) is 3.28. The van der Waals surface area contributed by atoms with Crippen molar-refractivity contribution in [2.75, 3.05) is 17.2 Å². The largest absolute Gasteiger partial charge is 0.370 e. The summed E-state index contributed by atoms with van der Waals surface area (Å²) in [6.45, 7) is 4.13. The summed E-state index contributed by atoms with van der Waals surface area (Å²) in [6, 6.07) is 15.7. The monoisotopic (exact) mass is 310 g/mol. The fraction of sp³-hybridized carbons (Fsp3) is 0.222. The Morgan fingerprint density at radius 3 is 2.17 bits per heavy atom. The van der Waals surface area contributed by atoms with Crippen molar-refractivity contribution >= 4 is 23.2 Å². The number of carbonyl (C=O) groups excluding carboxylic acids is 1. The fourth-order valence-corrected chi connectivity index (χ4v) is 2.09. The molecule has 1 amide bonds. The summed E-state index contributed by atoms with van der Waals surface area (Å²) < 4.78 is 0. The number of amides is 1. The van der Waals surface area contributed by atoms with E-state index in [1.807, 2.05) is 55.5 Å². The summed E-state index contributed by atoms with van der Waals surface area (Å²) in [7, 11) is 0. The van der Waals surface area contributed by atoms with Gasteiger partial charge in [0.05, 0.1) is 0 Å². The average molecular weight is 310 g/mol. The Morgan fingerprint density at radius 1 is 1.00 bits per heavy atom. The molecule has 23 heavy (non-hydrogen) atoms. The van der Waals surface area contributed by atoms with Gasteiger partial charge in [0.15, 0.2) is 5.96 Å². The van der Waals surface area contributed by atoms with E-state index in [1.165, 1.54) is 12.5 Å². The van der Waals surface area contributed by atoms with Crippen LogP contribution in [-0.4, -0.2) is 18.4 Å². The van der Waals surface area contributed by atoms with Crippen molar-refractivity contribution in [3.05, 3.63) is 59.7 Å². The molecule has 0 fully saturated rings. The molecule has 120 valence electrons. The zero-order chi connectivity index (χ0) is 16.7. The Labute approximate surface area is 136 Å². The van der Waals surface area contributed by atoms with Gasteiger partial charge in [-0.3, -0.25) is 9.79 Å². The first-order valence-electron chi connectivity index (χ1n) is 7.53. The van der Waals surface area contributed by atoms with Crippen molar-refractivity contribution in [2.45, 2.75) is 20.3 Å². The summed E-state index contributed by atoms with van der Waals surface area (Å²) in [6.07, 6.45) is 0.788. The van der Waals surface area contributed by atoms with Crippen LogP contribution in [0.25, 0.3) is 0 Å². The maximum absolute atomic E-state index is 11.0. The number of guanidine groups is 1. The number of nitrogens with zero attached hydrogens (tertiary/aromatic N) is 1. The summed E-state index contributed by atoms with van der Waals surface area (Å²) in [5, 5.41) is 5.81. The van der Waals surface area contributed by atoms with Gasteiger partial charge in [0.2, 0.25) is 5.91 Å². The maximum Gasteiger partial charge on any atom is 0.221 e. The van der Waals surface area contributed by atoms with Crippen LogP contribution >= 0.6 is 0 Å². The van der Waals surface area contributed by atoms with Gasteiger partial charge in [-0.15, -0.1) is 0 Å². The van der Waals surface area contributed by atoms with Crippen LogP contribution < -0.4 is 16.4 Å². The Kier molecular flexibility index (Phi) is 5.74. The lowest BCUT2D eigenvalue weighted by Gasteiger charge is -2.06. The lowest BCUT2D eigenvalue weighted by Crippen LogP contribution is -2.23. The standard InChI is InChI=1S/C18H22N4O/c1-13-3-7-17(8-4-13)22-18(19)20-12-11-15-5-9-16(10-6-15)21-14(2)23/h3-10H,11-12H2,1-2H3,(H,21,23)(H3,19,20,22). The molecule has 0 spiro atoms. The summed E-state index contributed by atoms with van der Waals surface area (Å²) in [4.78, 5) is 15.3. The first-order chi connectivity index (χ1) is 11.0. The van der Waals surface area contributed by atoms with Crippen LogP contribution in [0.2, 0.25) is 0 Å². The normalized spacial score (nSPS) is 11.1. The van der Waals surface area contributed by atoms with Crippen molar-refractivity contribution < 1.29 is 4.79 Å². The minimum Gasteiger partial charge on any atom is -0.370 e. The minimum absolute atomic E-state index is 0.0719. The van der Waals surface area contributed by atoms with Gasteiger partial charge in [0.25, 0.3) is 0 Å². The van der Waals surface area contributed by atoms with E-state index in [4.69, 9.17) is 5.73 Å². The third kappa shape index (κ3) is 5.82. The van der Waals surface area contributed by atoms with Gasteiger partial charge < -0.3 is 16.4 Å². The molecule has 0 heterocycles. The molecule has 0 aliphatic rings. The molecule has 0 radical (unpaired) electrons. The highest BCUT2D eigenvalue weighted by Gasteiger charge is 1.98. The van der Waals surface area contributed by atoms with Crippen molar-refractivity contribution in [1.82, 2.24) is 0 Å². The predicted molar refractivity (Wildman–Crippen MR) is 95.7 cm³/mol. The Bertz CT molecular complexity index is 675. The van der Waals surface area contributed by atoms with Gasteiger partial charge in [0, 0.05) is 24.8 Å². The molecule has 0 aliphatic carbocycles. The fourth-order valence-electron chi connectivity index (χ4n) is 2.09. The second-order valence-electron chi connectivity index (χ2n) is 5.39. The number of hydrogen-bond acceptors (Lipinski definition) is 2. The number of carbonyl (C=O) groups is 1. The van der Waals surface area contributed by atoms with Crippen LogP contribution in [0.4, 0.5) is 11.4 Å². The second-order valence-corrected chi connectivity index (χ2v) is 5.39. The van der Waals surface area contributed by atoms with Crippen LogP contribution in [-0.2, 0) is 11.2 Å². The molecule has 0 aromatic heterocycles. The number of benzene rings is 2. The second kappa shape index (κ2) is 7.98. The Balaban J connectivity index is 1.83. The lowest BCUT2D eigenvalue weighted by atomic mass is 10.1. The maximum atomic E-state index is 11.0. The molecular weight excluding hydrogens is 288 g/mol. The number of hydrogen-bond donors (Lipinski definition) is 3. The number of aryl methyl sites for hydroxylation is 1. The van der Waals surface area contributed by atoms with Crippen LogP contribution in [0.5, 0.6) is 0 Å². The van der Waals surface area contributed by atoms with Gasteiger partial charge in [-0.25, -0.2) is 0 Å². The minimum atomic E-state index is -0.0719. The summed E-state index contributed by atoms with van der Waals surface area (Å²) in [5.41, 5.74) is 9.95. The highest BCUT2D eigenvalue weighted by atomic mass is 16.1. The van der Waals surface area contributed by atoms with E-state index in [-0.39, 0.29) is 5.91 Å². The molecular formula is C18H22N4O. The number of aliphatic imine (C=N–C) groups is 1. The molecule has 5 nitrogen and oxygen atoms in total. The Hall–Kier alpha value is -2.82. The molecule has 0 bridgehead atoms. The van der Waals surface area contributed by atoms with Crippen LogP contribution in [0.3, 0.4) is 0 Å². The van der Waals surface area contributed by atoms with Crippen molar-refractivity contribution in [1.29, 1.82) is 0 Å². The van der Waals surface area contributed by atoms with Crippen LogP contribution in [0.15, 0.2) is 53.5 Å². The first kappa shape index (κ1) is 16.5. The first-order valence-corrected chi connectivity index (χ1v) is 7.53. The van der Waals surface area contributed by atoms with E-state index in [0.29, 0.717) is 12.5 Å². The quantitative estimate of drug-likeness (QED) is 0.587. The SMILES string of the molecule is CC(=O)Nc1ccc(CCN=C(N)Nc2ccc(C)cc2)cc1. The molecule has 2 aromatic rings. The molecule has 4 N–H and O–H groups in total. The third-order valence-corrected chi connectivity index (χ3v) is 3.28. The molecule has 0 saturated carbocycles. The summed E-state index contributed by atoms with van der Waals surface area (Å²) in [5.74, 6) is 0.334. The van der Waals surface area contributed by atoms with Gasteiger partial charge >= 0.3 is 0 Å². The van der Waals surface area contributed by atoms with Gasteiger partial charge in [-0.1, -0.05) is 29.8 Å². The predicted octanol–water partition coefficient (Wildman–Crippen LogP) is 2.92. The highest BCUT2D eigenvalue weighted by molar-refractivity contribution is 5.92. The molecule has 0 aliphatic heterocycles. The van der Waals surface area contributed by atoms with Gasteiger partial charge in [-0.2, -0.15) is 0 Å². The van der Waals surface area contributed by atoms with Crippen LogP contribution in [0, 0.1) is 6.92 Å². The highest BCUT2D eigenvalue weighted by Crippen LogP contribution is 2.10. The van der Waals surface area contributed by atoms with Crippen molar-refractivity contribution in [2.24, 2.45) is 10.7 Å². The van der Waals surface area contributed by atoms with Gasteiger partial charge in [-0.05, 0) is 43.2 Å². The number of nitrogens with two attached hydrogens (primary N) is 1. The lowest BCUT2D eigenvalue weighted by molar-refractivity contribution is -0.114.